The summed E-state index contributed by atoms with van der Waals surface area (Å²) in [6.45, 7) is 12.8. The third kappa shape index (κ3) is 7.85. The first-order chi connectivity index (χ1) is 25.3. The summed E-state index contributed by atoms with van der Waals surface area (Å²) in [7, 11) is 4.03. The number of rotatable bonds is 8. The molecule has 1 N–H and O–H groups in total. The minimum absolute atomic E-state index is 0.0198. The number of amides is 2. The number of ether oxygens (including phenoxy) is 3. The lowest BCUT2D eigenvalue weighted by molar-refractivity contribution is 0.0122. The zero-order valence-corrected chi connectivity index (χ0v) is 33.4. The third-order valence-corrected chi connectivity index (χ3v) is 11.0. The first-order valence-corrected chi connectivity index (χ1v) is 19.3. The maximum Gasteiger partial charge on any atom is 0.413 e. The van der Waals surface area contributed by atoms with E-state index in [-0.39, 0.29) is 66.6 Å². The quantitative estimate of drug-likeness (QED) is 0.186. The molecule has 4 heterocycles. The summed E-state index contributed by atoms with van der Waals surface area (Å²) < 4.78 is 49.8. The molecule has 2 amide bonds. The highest BCUT2D eigenvalue weighted by atomic mass is 35.5. The Hall–Kier alpha value is -4.08. The lowest BCUT2D eigenvalue weighted by Crippen LogP contribution is -2.57. The average Bonchev–Trinajstić information content (AvgIpc) is 3.57. The minimum atomic E-state index is -0.765. The van der Waals surface area contributed by atoms with Gasteiger partial charge < -0.3 is 24.0 Å². The first-order valence-electron chi connectivity index (χ1n) is 18.1. The highest BCUT2D eigenvalue weighted by Gasteiger charge is 2.46. The van der Waals surface area contributed by atoms with Crippen molar-refractivity contribution >= 4 is 67.2 Å². The number of carbonyl (C=O) groups excluding carboxylic acids is 2. The number of halogens is 3. The Bertz CT molecular complexity index is 2120. The van der Waals surface area contributed by atoms with E-state index < -0.39 is 28.9 Å². The molecule has 4 aromatic rings. The highest BCUT2D eigenvalue weighted by molar-refractivity contribution is 7.22. The molecule has 2 aromatic carbocycles. The van der Waals surface area contributed by atoms with Gasteiger partial charge in [-0.2, -0.15) is 9.97 Å². The van der Waals surface area contributed by atoms with Gasteiger partial charge in [0, 0.05) is 41.6 Å². The summed E-state index contributed by atoms with van der Waals surface area (Å²) in [4.78, 5) is 45.7. The molecule has 7 rings (SSSR count). The van der Waals surface area contributed by atoms with E-state index in [4.69, 9.17) is 30.8 Å². The molecule has 0 radical (unpaired) electrons. The summed E-state index contributed by atoms with van der Waals surface area (Å²) >= 11 is 7.84. The molecule has 1 aliphatic carbocycles. The number of thiazole rings is 1. The molecule has 2 atom stereocenters. The fraction of sp³-hybridized carbons (Fsp3) is 0.553. The highest BCUT2D eigenvalue weighted by Crippen LogP contribution is 2.47. The molecule has 12 nitrogen and oxygen atoms in total. The van der Waals surface area contributed by atoms with E-state index in [9.17, 15) is 9.59 Å². The zero-order valence-electron chi connectivity index (χ0n) is 31.8. The number of benzene rings is 2. The number of nitrogens with one attached hydrogen (secondary N) is 1. The molecule has 2 unspecified atom stereocenters. The normalized spacial score (nSPS) is 19.5. The third-order valence-electron chi connectivity index (χ3n) is 9.72. The molecule has 2 aliphatic heterocycles. The van der Waals surface area contributed by atoms with Crippen molar-refractivity contribution in [2.24, 2.45) is 5.41 Å². The standard InChI is InChI=1S/C38H46ClF2N7O5S/c1-36(2,3)52-34(49)45-33-43-29-22(11-12-25(40)30(29)54-33)26-24(39)15-23-28(27(26)41)42-32(51-19-38(13-14-38)18-46(7)8)44-31(23)47-16-20-9-10-21(17-47)48(20)35(50)53-37(4,5)6/h11-12,15,20-21H,9-10,13-14,16-19H2,1-8H3,(H,43,45,49). The second-order valence-corrected chi connectivity index (χ2v) is 18.3. The molecule has 3 aliphatic rings. The van der Waals surface area contributed by atoms with E-state index in [1.54, 1.807) is 26.8 Å². The largest absolute Gasteiger partial charge is 0.463 e. The molecule has 2 bridgehead atoms. The second kappa shape index (κ2) is 13.9. The fourth-order valence-electron chi connectivity index (χ4n) is 7.44. The molecule has 0 spiro atoms. The molecule has 2 saturated heterocycles. The van der Waals surface area contributed by atoms with Gasteiger partial charge in [0.1, 0.15) is 28.4 Å². The van der Waals surface area contributed by atoms with Crippen molar-refractivity contribution < 1.29 is 32.6 Å². The summed E-state index contributed by atoms with van der Waals surface area (Å²) in [5, 5.41) is 3.05. The van der Waals surface area contributed by atoms with Crippen LogP contribution in [0.2, 0.25) is 5.02 Å². The van der Waals surface area contributed by atoms with Gasteiger partial charge in [0.05, 0.1) is 33.9 Å². The molecule has 2 aromatic heterocycles. The van der Waals surface area contributed by atoms with Crippen LogP contribution < -0.4 is 15.0 Å². The SMILES string of the molecule is CN(C)CC1(COc2nc(N3CC4CCC(C3)N4C(=O)OC(C)(C)C)c3cc(Cl)c(-c4ccc(F)c5sc(NC(=O)OC(C)(C)C)nc45)c(F)c3n2)CC1. The molecule has 54 heavy (non-hydrogen) atoms. The van der Waals surface area contributed by atoms with Crippen LogP contribution in [0, 0.1) is 17.0 Å². The van der Waals surface area contributed by atoms with Crippen LogP contribution in [0.1, 0.15) is 67.2 Å². The van der Waals surface area contributed by atoms with Crippen molar-refractivity contribution in [1.82, 2.24) is 24.8 Å². The van der Waals surface area contributed by atoms with Crippen LogP contribution in [0.3, 0.4) is 0 Å². The fourth-order valence-corrected chi connectivity index (χ4v) is 8.61. The number of fused-ring (bicyclic) bond motifs is 4. The number of nitrogens with zero attached hydrogens (tertiary/aromatic N) is 6. The van der Waals surface area contributed by atoms with Crippen molar-refractivity contribution in [3.05, 3.63) is 34.9 Å². The lowest BCUT2D eigenvalue weighted by atomic mass is 10.0. The Balaban J connectivity index is 1.30. The molecule has 1 saturated carbocycles. The van der Waals surface area contributed by atoms with Gasteiger partial charge in [-0.1, -0.05) is 22.9 Å². The van der Waals surface area contributed by atoms with Crippen molar-refractivity contribution in [3.63, 3.8) is 0 Å². The number of piperazine rings is 1. The average molecular weight is 786 g/mol. The van der Waals surface area contributed by atoms with E-state index in [1.165, 1.54) is 12.1 Å². The first kappa shape index (κ1) is 38.2. The molecular weight excluding hydrogens is 740 g/mol. The predicted molar refractivity (Wildman–Crippen MR) is 206 cm³/mol. The maximum atomic E-state index is 17.2. The Labute approximate surface area is 322 Å². The summed E-state index contributed by atoms with van der Waals surface area (Å²) in [6.07, 6.45) is 2.46. The molecule has 3 fully saturated rings. The van der Waals surface area contributed by atoms with E-state index in [0.717, 1.165) is 43.6 Å². The molecule has 290 valence electrons. The van der Waals surface area contributed by atoms with Gasteiger partial charge in [0.15, 0.2) is 10.9 Å². The van der Waals surface area contributed by atoms with Crippen LogP contribution in [0.25, 0.3) is 32.2 Å². The topological polar surface area (TPSA) is 122 Å². The zero-order chi connectivity index (χ0) is 38.9. The number of carbonyl (C=O) groups is 2. The van der Waals surface area contributed by atoms with Crippen molar-refractivity contribution in [3.8, 4) is 17.1 Å². The Morgan fingerprint density at radius 3 is 2.28 bits per heavy atom. The van der Waals surface area contributed by atoms with Crippen molar-refractivity contribution in [2.45, 2.75) is 90.5 Å². The Morgan fingerprint density at radius 2 is 1.67 bits per heavy atom. The monoisotopic (exact) mass is 785 g/mol. The summed E-state index contributed by atoms with van der Waals surface area (Å²) in [5.74, 6) is -0.895. The van der Waals surface area contributed by atoms with E-state index in [2.05, 4.69) is 20.2 Å². The van der Waals surface area contributed by atoms with Crippen LogP contribution in [0.15, 0.2) is 18.2 Å². The second-order valence-electron chi connectivity index (χ2n) is 16.9. The van der Waals surface area contributed by atoms with Gasteiger partial charge in [-0.05, 0) is 99.5 Å². The van der Waals surface area contributed by atoms with Crippen LogP contribution in [-0.2, 0) is 9.47 Å². The van der Waals surface area contributed by atoms with Crippen LogP contribution in [-0.4, -0.2) is 101 Å². The molecule has 16 heteroatoms. The summed E-state index contributed by atoms with van der Waals surface area (Å²) in [5.41, 5.74) is -1.15. The molecular formula is C38H46ClF2N7O5S. The smallest absolute Gasteiger partial charge is 0.413 e. The van der Waals surface area contributed by atoms with Crippen molar-refractivity contribution in [2.75, 3.05) is 50.6 Å². The number of hydrogen-bond acceptors (Lipinski definition) is 11. The van der Waals surface area contributed by atoms with Crippen LogP contribution in [0.5, 0.6) is 6.01 Å². The summed E-state index contributed by atoms with van der Waals surface area (Å²) in [6, 6.07) is 4.00. The van der Waals surface area contributed by atoms with Crippen molar-refractivity contribution in [1.29, 1.82) is 0 Å². The van der Waals surface area contributed by atoms with E-state index in [0.29, 0.717) is 30.9 Å². The van der Waals surface area contributed by atoms with Gasteiger partial charge in [-0.25, -0.2) is 23.4 Å². The van der Waals surface area contributed by atoms with Gasteiger partial charge in [-0.3, -0.25) is 10.2 Å². The predicted octanol–water partition coefficient (Wildman–Crippen LogP) is 8.49. The van der Waals surface area contributed by atoms with E-state index >= 15 is 8.78 Å². The van der Waals surface area contributed by atoms with Crippen LogP contribution in [0.4, 0.5) is 29.3 Å². The number of anilines is 2. The Morgan fingerprint density at radius 1 is 1.00 bits per heavy atom. The Kier molecular flexibility index (Phi) is 9.83. The number of aromatic nitrogens is 3. The maximum absolute atomic E-state index is 17.2. The van der Waals surface area contributed by atoms with Gasteiger partial charge in [0.25, 0.3) is 0 Å². The van der Waals surface area contributed by atoms with Crippen LogP contribution >= 0.6 is 22.9 Å². The number of hydrogen-bond donors (Lipinski definition) is 1. The van der Waals surface area contributed by atoms with Gasteiger partial charge in [-0.15, -0.1) is 0 Å². The van der Waals surface area contributed by atoms with E-state index in [1.807, 2.05) is 44.7 Å². The minimum Gasteiger partial charge on any atom is -0.463 e. The van der Waals surface area contributed by atoms with Gasteiger partial charge >= 0.3 is 18.2 Å². The van der Waals surface area contributed by atoms with Gasteiger partial charge in [0.2, 0.25) is 0 Å². The lowest BCUT2D eigenvalue weighted by Gasteiger charge is -2.42.